The van der Waals surface area contributed by atoms with E-state index < -0.39 is 17.3 Å². The summed E-state index contributed by atoms with van der Waals surface area (Å²) in [6.07, 6.45) is -0.00672. The fraction of sp³-hybridized carbons (Fsp3) is 0.200. The van der Waals surface area contributed by atoms with Crippen molar-refractivity contribution in [3.8, 4) is 0 Å². The smallest absolute Gasteiger partial charge is 0.296 e. The highest BCUT2D eigenvalue weighted by atomic mass is 32.2. The molecule has 2 aromatic rings. The summed E-state index contributed by atoms with van der Waals surface area (Å²) in [6, 6.07) is 16.0. The molecule has 0 fully saturated rings. The lowest BCUT2D eigenvalue weighted by molar-refractivity contribution is 0.378. The van der Waals surface area contributed by atoms with Crippen LogP contribution in [0.4, 0.5) is 0 Å². The SMILES string of the molecule is [B-][P+](C)(COS(=O)(=O)c1ccc(C)cc1)c1ccccc1. The summed E-state index contributed by atoms with van der Waals surface area (Å²) < 4.78 is 29.5. The average molecular weight is 319 g/mol. The Kier molecular flexibility index (Phi) is 4.87. The minimum absolute atomic E-state index is 0.00672. The molecule has 2 rings (SSSR count). The van der Waals surface area contributed by atoms with Crippen molar-refractivity contribution in [1.29, 1.82) is 0 Å². The number of aryl methyl sites for hydroxylation is 1. The minimum Gasteiger partial charge on any atom is -0.296 e. The molecule has 1 atom stereocenters. The molecule has 0 aliphatic carbocycles. The molecule has 1 unspecified atom stereocenters. The van der Waals surface area contributed by atoms with E-state index in [4.69, 9.17) is 11.7 Å². The third kappa shape index (κ3) is 4.16. The molecule has 6 heteroatoms. The third-order valence-corrected chi connectivity index (χ3v) is 6.73. The maximum absolute atomic E-state index is 12.2. The summed E-state index contributed by atoms with van der Waals surface area (Å²) in [7, 11) is 0.376. The van der Waals surface area contributed by atoms with Crippen molar-refractivity contribution >= 4 is 30.1 Å². The maximum atomic E-state index is 12.2. The highest BCUT2D eigenvalue weighted by Crippen LogP contribution is 2.48. The van der Waals surface area contributed by atoms with Crippen molar-refractivity contribution in [2.45, 2.75) is 11.8 Å². The quantitative estimate of drug-likeness (QED) is 0.483. The van der Waals surface area contributed by atoms with Crippen LogP contribution in [0, 0.1) is 6.92 Å². The molecule has 2 aromatic carbocycles. The van der Waals surface area contributed by atoms with Gasteiger partial charge >= 0.3 is 0 Å². The normalized spacial score (nSPS) is 14.6. The van der Waals surface area contributed by atoms with Crippen molar-refractivity contribution in [2.75, 3.05) is 13.0 Å². The standard InChI is InChI=1S/C15H17BO3PS/c1-13-8-10-15(11-9-13)21(17,18)19-12-20(2,16)14-6-4-3-5-7-14/h3-11H,12H2,1-2H3. The zero-order valence-corrected chi connectivity index (χ0v) is 13.8. The lowest BCUT2D eigenvalue weighted by Crippen LogP contribution is -2.17. The van der Waals surface area contributed by atoms with Crippen LogP contribution in [0.3, 0.4) is 0 Å². The van der Waals surface area contributed by atoms with Crippen molar-refractivity contribution < 1.29 is 12.6 Å². The Morgan fingerprint density at radius 1 is 1.05 bits per heavy atom. The van der Waals surface area contributed by atoms with E-state index in [1.54, 1.807) is 24.3 Å². The second kappa shape index (κ2) is 6.31. The molecule has 0 saturated carbocycles. The van der Waals surface area contributed by atoms with E-state index >= 15 is 0 Å². The molecule has 0 aromatic heterocycles. The topological polar surface area (TPSA) is 43.4 Å². The summed E-state index contributed by atoms with van der Waals surface area (Å²) in [5, 5.41) is 0.934. The van der Waals surface area contributed by atoms with Gasteiger partial charge in [0, 0.05) is 12.0 Å². The van der Waals surface area contributed by atoms with Gasteiger partial charge in [0.15, 0.2) is 0 Å². The van der Waals surface area contributed by atoms with E-state index in [0.29, 0.717) is 0 Å². The van der Waals surface area contributed by atoms with Gasteiger partial charge in [-0.1, -0.05) is 35.9 Å². The van der Waals surface area contributed by atoms with Gasteiger partial charge in [-0.15, -0.1) is 0 Å². The predicted octanol–water partition coefficient (Wildman–Crippen LogP) is 2.71. The second-order valence-electron chi connectivity index (χ2n) is 5.12. The summed E-state index contributed by atoms with van der Waals surface area (Å²) in [4.78, 5) is 0.154. The molecule has 0 aliphatic rings. The van der Waals surface area contributed by atoms with Crippen LogP contribution < -0.4 is 5.30 Å². The minimum atomic E-state index is -3.77. The van der Waals surface area contributed by atoms with Gasteiger partial charge in [-0.05, 0) is 31.2 Å². The van der Waals surface area contributed by atoms with Crippen molar-refractivity contribution in [3.63, 3.8) is 0 Å². The van der Waals surface area contributed by atoms with E-state index in [1.165, 1.54) is 0 Å². The zero-order chi connectivity index (χ0) is 15.5. The van der Waals surface area contributed by atoms with E-state index in [2.05, 4.69) is 0 Å². The molecule has 0 N–H and O–H groups in total. The third-order valence-electron chi connectivity index (χ3n) is 3.13. The number of benzene rings is 2. The molecule has 21 heavy (non-hydrogen) atoms. The van der Waals surface area contributed by atoms with E-state index in [9.17, 15) is 8.42 Å². The van der Waals surface area contributed by atoms with Crippen molar-refractivity contribution in [1.82, 2.24) is 0 Å². The van der Waals surface area contributed by atoms with Gasteiger partial charge in [0.1, 0.15) is 6.35 Å². The maximum Gasteiger partial charge on any atom is 0.300 e. The second-order valence-corrected chi connectivity index (χ2v) is 10.0. The summed E-state index contributed by atoms with van der Waals surface area (Å²) in [5.74, 6) is 0. The van der Waals surface area contributed by atoms with Gasteiger partial charge in [-0.25, -0.2) is 4.18 Å². The molecule has 3 radical (unpaired) electrons. The monoisotopic (exact) mass is 319 g/mol. The van der Waals surface area contributed by atoms with E-state index in [-0.39, 0.29) is 11.2 Å². The first-order chi connectivity index (χ1) is 9.81. The first-order valence-corrected chi connectivity index (χ1v) is 10.4. The van der Waals surface area contributed by atoms with Gasteiger partial charge in [-0.3, -0.25) is 7.57 Å². The number of rotatable bonds is 5. The molecule has 3 nitrogen and oxygen atoms in total. The van der Waals surface area contributed by atoms with Crippen LogP contribution in [0.25, 0.3) is 0 Å². The Morgan fingerprint density at radius 2 is 1.62 bits per heavy atom. The van der Waals surface area contributed by atoms with Crippen LogP contribution in [0.2, 0.25) is 0 Å². The number of hydrogen-bond acceptors (Lipinski definition) is 3. The fourth-order valence-corrected chi connectivity index (χ4v) is 4.83. The Morgan fingerprint density at radius 3 is 2.19 bits per heavy atom. The van der Waals surface area contributed by atoms with E-state index in [0.717, 1.165) is 10.9 Å². The van der Waals surface area contributed by atoms with Crippen LogP contribution in [0.15, 0.2) is 59.5 Å². The zero-order valence-electron chi connectivity index (χ0n) is 12.1. The highest BCUT2D eigenvalue weighted by molar-refractivity contribution is 8.02. The van der Waals surface area contributed by atoms with Crippen LogP contribution in [0.5, 0.6) is 0 Å². The van der Waals surface area contributed by atoms with Gasteiger partial charge < -0.3 is 0 Å². The van der Waals surface area contributed by atoms with Crippen LogP contribution in [0.1, 0.15) is 5.56 Å². The molecular weight excluding hydrogens is 302 g/mol. The molecular formula is C15H17BO3PS. The molecule has 0 heterocycles. The van der Waals surface area contributed by atoms with Gasteiger partial charge in [0.2, 0.25) is 0 Å². The van der Waals surface area contributed by atoms with Gasteiger partial charge in [-0.2, -0.15) is 15.6 Å². The molecule has 0 saturated heterocycles. The molecule has 0 bridgehead atoms. The lowest BCUT2D eigenvalue weighted by atomic mass is 10.2. The van der Waals surface area contributed by atoms with E-state index in [1.807, 2.05) is 43.9 Å². The summed E-state index contributed by atoms with van der Waals surface area (Å²) >= 11 is 0. The predicted molar refractivity (Wildman–Crippen MR) is 89.0 cm³/mol. The largest absolute Gasteiger partial charge is 0.300 e. The number of hydrogen-bond donors (Lipinski definition) is 0. The van der Waals surface area contributed by atoms with Gasteiger partial charge in [0.25, 0.3) is 10.1 Å². The molecule has 109 valence electrons. The van der Waals surface area contributed by atoms with Crippen LogP contribution in [-0.2, 0) is 14.3 Å². The Labute approximate surface area is 128 Å². The Hall–Kier alpha value is -1.16. The Bertz CT molecular complexity index is 697. The fourth-order valence-electron chi connectivity index (χ4n) is 1.79. The summed E-state index contributed by atoms with van der Waals surface area (Å²) in [6.45, 7) is 3.75. The average Bonchev–Trinajstić information content (AvgIpc) is 2.47. The first kappa shape index (κ1) is 16.2. The molecule has 0 spiro atoms. The van der Waals surface area contributed by atoms with Crippen molar-refractivity contribution in [2.24, 2.45) is 0 Å². The summed E-state index contributed by atoms with van der Waals surface area (Å²) in [5.41, 5.74) is 0.995. The lowest BCUT2D eigenvalue weighted by Gasteiger charge is -2.30. The molecule has 0 amide bonds. The molecule has 0 aliphatic heterocycles. The van der Waals surface area contributed by atoms with Crippen LogP contribution >= 0.6 is 7.14 Å². The van der Waals surface area contributed by atoms with Crippen molar-refractivity contribution in [3.05, 3.63) is 60.2 Å². The highest BCUT2D eigenvalue weighted by Gasteiger charge is 2.22. The van der Waals surface area contributed by atoms with Gasteiger partial charge in [0.05, 0.1) is 4.90 Å². The van der Waals surface area contributed by atoms with Crippen LogP contribution in [-0.4, -0.2) is 29.0 Å². The Balaban J connectivity index is 2.13. The first-order valence-electron chi connectivity index (χ1n) is 6.47.